The molecule has 1 atom stereocenters. The maximum Gasteiger partial charge on any atom is 0.218 e. The Labute approximate surface area is 101 Å². The summed E-state index contributed by atoms with van der Waals surface area (Å²) >= 11 is 0. The molecule has 90 valence electrons. The SMILES string of the molecule is CCNC(c1ccco1)c1cccnc1OC. The van der Waals surface area contributed by atoms with E-state index in [1.807, 2.05) is 24.3 Å². The van der Waals surface area contributed by atoms with Gasteiger partial charge in [-0.3, -0.25) is 0 Å². The molecule has 2 aromatic heterocycles. The number of pyridine rings is 1. The van der Waals surface area contributed by atoms with Gasteiger partial charge in [0.05, 0.1) is 19.4 Å². The lowest BCUT2D eigenvalue weighted by molar-refractivity contribution is 0.379. The van der Waals surface area contributed by atoms with Gasteiger partial charge in [-0.1, -0.05) is 13.0 Å². The summed E-state index contributed by atoms with van der Waals surface area (Å²) in [5.41, 5.74) is 0.979. The van der Waals surface area contributed by atoms with Crippen molar-refractivity contribution in [2.24, 2.45) is 0 Å². The third-order valence-electron chi connectivity index (χ3n) is 2.54. The number of nitrogens with zero attached hydrogens (tertiary/aromatic N) is 1. The smallest absolute Gasteiger partial charge is 0.218 e. The van der Waals surface area contributed by atoms with Gasteiger partial charge in [0.15, 0.2) is 0 Å². The number of furan rings is 1. The molecule has 2 heterocycles. The van der Waals surface area contributed by atoms with Crippen LogP contribution in [0.5, 0.6) is 5.88 Å². The second-order valence-corrected chi connectivity index (χ2v) is 3.61. The van der Waals surface area contributed by atoms with Crippen molar-refractivity contribution >= 4 is 0 Å². The summed E-state index contributed by atoms with van der Waals surface area (Å²) in [5.74, 6) is 1.48. The summed E-state index contributed by atoms with van der Waals surface area (Å²) in [4.78, 5) is 4.21. The summed E-state index contributed by atoms with van der Waals surface area (Å²) in [6, 6.07) is 7.67. The summed E-state index contributed by atoms with van der Waals surface area (Å²) in [5, 5.41) is 3.36. The molecule has 0 saturated carbocycles. The third kappa shape index (κ3) is 2.47. The first kappa shape index (κ1) is 11.7. The minimum atomic E-state index is -0.0290. The first-order valence-corrected chi connectivity index (χ1v) is 5.62. The Morgan fingerprint density at radius 1 is 1.41 bits per heavy atom. The van der Waals surface area contributed by atoms with Crippen LogP contribution in [0.4, 0.5) is 0 Å². The zero-order chi connectivity index (χ0) is 12.1. The van der Waals surface area contributed by atoms with Crippen LogP contribution in [0.15, 0.2) is 41.1 Å². The summed E-state index contributed by atoms with van der Waals surface area (Å²) in [6.07, 6.45) is 3.38. The number of aromatic nitrogens is 1. The minimum absolute atomic E-state index is 0.0290. The first-order chi connectivity index (χ1) is 8.36. The number of methoxy groups -OCH3 is 1. The van der Waals surface area contributed by atoms with Gasteiger partial charge in [-0.05, 0) is 24.7 Å². The molecule has 0 aliphatic rings. The van der Waals surface area contributed by atoms with Gasteiger partial charge < -0.3 is 14.5 Å². The zero-order valence-corrected chi connectivity index (χ0v) is 10.0. The molecule has 0 aromatic carbocycles. The van der Waals surface area contributed by atoms with Gasteiger partial charge in [-0.15, -0.1) is 0 Å². The van der Waals surface area contributed by atoms with Gasteiger partial charge in [-0.2, -0.15) is 0 Å². The van der Waals surface area contributed by atoms with E-state index in [1.165, 1.54) is 0 Å². The van der Waals surface area contributed by atoms with E-state index in [0.717, 1.165) is 17.9 Å². The van der Waals surface area contributed by atoms with Crippen molar-refractivity contribution in [2.45, 2.75) is 13.0 Å². The van der Waals surface area contributed by atoms with Crippen molar-refractivity contribution in [1.29, 1.82) is 0 Å². The molecule has 4 heteroatoms. The Morgan fingerprint density at radius 3 is 2.94 bits per heavy atom. The maximum absolute atomic E-state index is 5.46. The Hall–Kier alpha value is -1.81. The molecule has 0 fully saturated rings. The van der Waals surface area contributed by atoms with Crippen molar-refractivity contribution in [3.8, 4) is 5.88 Å². The largest absolute Gasteiger partial charge is 0.481 e. The van der Waals surface area contributed by atoms with Crippen LogP contribution in [0.1, 0.15) is 24.3 Å². The molecule has 4 nitrogen and oxygen atoms in total. The van der Waals surface area contributed by atoms with E-state index in [-0.39, 0.29) is 6.04 Å². The average molecular weight is 232 g/mol. The second-order valence-electron chi connectivity index (χ2n) is 3.61. The van der Waals surface area contributed by atoms with E-state index in [1.54, 1.807) is 19.6 Å². The lowest BCUT2D eigenvalue weighted by Crippen LogP contribution is -2.22. The molecule has 0 saturated heterocycles. The number of hydrogen-bond donors (Lipinski definition) is 1. The zero-order valence-electron chi connectivity index (χ0n) is 10.0. The molecule has 2 aromatic rings. The number of rotatable bonds is 5. The molecular formula is C13H16N2O2. The van der Waals surface area contributed by atoms with Gasteiger partial charge in [0, 0.05) is 11.8 Å². The molecule has 0 amide bonds. The number of hydrogen-bond acceptors (Lipinski definition) is 4. The van der Waals surface area contributed by atoms with Crippen molar-refractivity contribution in [1.82, 2.24) is 10.3 Å². The van der Waals surface area contributed by atoms with Crippen LogP contribution in [0, 0.1) is 0 Å². The van der Waals surface area contributed by atoms with E-state index < -0.39 is 0 Å². The molecule has 0 bridgehead atoms. The summed E-state index contributed by atoms with van der Waals surface area (Å²) in [6.45, 7) is 2.89. The van der Waals surface area contributed by atoms with Crippen LogP contribution >= 0.6 is 0 Å². The molecule has 0 aliphatic heterocycles. The van der Waals surface area contributed by atoms with E-state index in [4.69, 9.17) is 9.15 Å². The monoisotopic (exact) mass is 232 g/mol. The Kier molecular flexibility index (Phi) is 3.77. The Balaban J connectivity index is 2.39. The van der Waals surface area contributed by atoms with Crippen molar-refractivity contribution in [2.75, 3.05) is 13.7 Å². The maximum atomic E-state index is 5.46. The highest BCUT2D eigenvalue weighted by atomic mass is 16.5. The average Bonchev–Trinajstić information content (AvgIpc) is 2.89. The fourth-order valence-corrected chi connectivity index (χ4v) is 1.82. The molecule has 0 aliphatic carbocycles. The molecule has 1 N–H and O–H groups in total. The van der Waals surface area contributed by atoms with Crippen LogP contribution in [0.2, 0.25) is 0 Å². The second kappa shape index (κ2) is 5.50. The summed E-state index contributed by atoms with van der Waals surface area (Å²) in [7, 11) is 1.62. The molecule has 2 rings (SSSR count). The van der Waals surface area contributed by atoms with Gasteiger partial charge in [0.25, 0.3) is 0 Å². The molecule has 1 unspecified atom stereocenters. The quantitative estimate of drug-likeness (QED) is 0.859. The number of ether oxygens (including phenoxy) is 1. The van der Waals surface area contributed by atoms with Gasteiger partial charge in [0.1, 0.15) is 5.76 Å². The predicted octanol–water partition coefficient (Wildman–Crippen LogP) is 2.38. The van der Waals surface area contributed by atoms with Crippen molar-refractivity contribution < 1.29 is 9.15 Å². The van der Waals surface area contributed by atoms with Crippen LogP contribution < -0.4 is 10.1 Å². The summed E-state index contributed by atoms with van der Waals surface area (Å²) < 4.78 is 10.7. The standard InChI is InChI=1S/C13H16N2O2/c1-3-14-12(11-7-5-9-17-11)10-6-4-8-15-13(10)16-2/h4-9,12,14H,3H2,1-2H3. The third-order valence-corrected chi connectivity index (χ3v) is 2.54. The molecule has 0 spiro atoms. The van der Waals surface area contributed by atoms with Crippen LogP contribution in [0.3, 0.4) is 0 Å². The number of nitrogens with one attached hydrogen (secondary N) is 1. The lowest BCUT2D eigenvalue weighted by atomic mass is 10.1. The Morgan fingerprint density at radius 2 is 2.29 bits per heavy atom. The van der Waals surface area contributed by atoms with E-state index in [9.17, 15) is 0 Å². The van der Waals surface area contributed by atoms with Crippen molar-refractivity contribution in [3.05, 3.63) is 48.0 Å². The van der Waals surface area contributed by atoms with Gasteiger partial charge in [0.2, 0.25) is 5.88 Å². The van der Waals surface area contributed by atoms with Gasteiger partial charge in [-0.25, -0.2) is 4.98 Å². The van der Waals surface area contributed by atoms with E-state index in [0.29, 0.717) is 5.88 Å². The Bertz CT molecular complexity index is 454. The minimum Gasteiger partial charge on any atom is -0.481 e. The molecule has 0 radical (unpaired) electrons. The molecule has 17 heavy (non-hydrogen) atoms. The normalized spacial score (nSPS) is 12.4. The highest BCUT2D eigenvalue weighted by Crippen LogP contribution is 2.28. The fourth-order valence-electron chi connectivity index (χ4n) is 1.82. The van der Waals surface area contributed by atoms with Crippen molar-refractivity contribution in [3.63, 3.8) is 0 Å². The van der Waals surface area contributed by atoms with E-state index >= 15 is 0 Å². The first-order valence-electron chi connectivity index (χ1n) is 5.62. The topological polar surface area (TPSA) is 47.3 Å². The highest BCUT2D eigenvalue weighted by molar-refractivity contribution is 5.34. The van der Waals surface area contributed by atoms with Crippen LogP contribution in [0.25, 0.3) is 0 Å². The van der Waals surface area contributed by atoms with Gasteiger partial charge >= 0.3 is 0 Å². The lowest BCUT2D eigenvalue weighted by Gasteiger charge is -2.17. The predicted molar refractivity (Wildman–Crippen MR) is 65.0 cm³/mol. The van der Waals surface area contributed by atoms with E-state index in [2.05, 4.69) is 17.2 Å². The van der Waals surface area contributed by atoms with Crippen LogP contribution in [-0.2, 0) is 0 Å². The van der Waals surface area contributed by atoms with Crippen LogP contribution in [-0.4, -0.2) is 18.6 Å². The highest BCUT2D eigenvalue weighted by Gasteiger charge is 2.19. The fraction of sp³-hybridized carbons (Fsp3) is 0.308. The molecular weight excluding hydrogens is 216 g/mol.